The second-order valence-electron chi connectivity index (χ2n) is 5.04. The molecule has 7 heteroatoms. The van der Waals surface area contributed by atoms with E-state index in [1.807, 2.05) is 28.9 Å². The molecule has 7 nitrogen and oxygen atoms in total. The molecule has 20 heavy (non-hydrogen) atoms. The van der Waals surface area contributed by atoms with Gasteiger partial charge in [0.1, 0.15) is 0 Å². The lowest BCUT2D eigenvalue weighted by atomic mass is 10.2. The van der Waals surface area contributed by atoms with Crippen molar-refractivity contribution in [3.05, 3.63) is 24.3 Å². The molecule has 1 atom stereocenters. The van der Waals surface area contributed by atoms with Gasteiger partial charge in [-0.25, -0.2) is 4.68 Å². The molecule has 1 saturated carbocycles. The largest absolute Gasteiger partial charge is 0.325 e. The number of nitrogens with one attached hydrogen (secondary N) is 1. The Hall–Kier alpha value is -2.28. The molecule has 104 valence electrons. The molecule has 0 unspecified atom stereocenters. The van der Waals surface area contributed by atoms with E-state index >= 15 is 0 Å². The van der Waals surface area contributed by atoms with E-state index < -0.39 is 6.04 Å². The number of carbonyl (C=O) groups excluding carboxylic acids is 1. The van der Waals surface area contributed by atoms with Crippen LogP contribution < -0.4 is 11.1 Å². The van der Waals surface area contributed by atoms with Gasteiger partial charge in [0.2, 0.25) is 5.91 Å². The van der Waals surface area contributed by atoms with Gasteiger partial charge < -0.3 is 11.1 Å². The molecule has 1 aromatic heterocycles. The lowest BCUT2D eigenvalue weighted by Gasteiger charge is -2.09. The van der Waals surface area contributed by atoms with E-state index in [1.165, 1.54) is 0 Å². The van der Waals surface area contributed by atoms with Gasteiger partial charge in [-0.2, -0.15) is 0 Å². The van der Waals surface area contributed by atoms with Crippen LogP contribution in [0.2, 0.25) is 0 Å². The summed E-state index contributed by atoms with van der Waals surface area (Å²) in [5.41, 5.74) is 7.11. The molecule has 1 amide bonds. The summed E-state index contributed by atoms with van der Waals surface area (Å²) in [7, 11) is 0. The minimum atomic E-state index is -0.546. The van der Waals surface area contributed by atoms with Gasteiger partial charge >= 0.3 is 0 Å². The van der Waals surface area contributed by atoms with Gasteiger partial charge in [0.05, 0.1) is 12.1 Å². The fourth-order valence-corrected chi connectivity index (χ4v) is 1.94. The number of aromatic nitrogens is 4. The third-order valence-corrected chi connectivity index (χ3v) is 3.19. The summed E-state index contributed by atoms with van der Waals surface area (Å²) >= 11 is 0. The standard InChI is InChI=1S/C13H16N6O/c1-8(14)13(20)15-10-4-2-3-9(7-10)12-16-17-18-19(12)11-5-6-11/h2-4,7-8,11H,5-6,14H2,1H3,(H,15,20)/t8-/m0/s1. The van der Waals surface area contributed by atoms with Crippen molar-refractivity contribution in [2.75, 3.05) is 5.32 Å². The Morgan fingerprint density at radius 1 is 1.50 bits per heavy atom. The molecule has 1 heterocycles. The van der Waals surface area contributed by atoms with Gasteiger partial charge in [-0.15, -0.1) is 5.10 Å². The fraction of sp³-hybridized carbons (Fsp3) is 0.385. The number of nitrogens with two attached hydrogens (primary N) is 1. The first-order chi connectivity index (χ1) is 9.65. The zero-order valence-electron chi connectivity index (χ0n) is 11.2. The van der Waals surface area contributed by atoms with Gasteiger partial charge in [-0.05, 0) is 42.3 Å². The van der Waals surface area contributed by atoms with E-state index in [0.29, 0.717) is 11.7 Å². The van der Waals surface area contributed by atoms with Crippen LogP contribution >= 0.6 is 0 Å². The summed E-state index contributed by atoms with van der Waals surface area (Å²) in [5.74, 6) is 0.508. The fourth-order valence-electron chi connectivity index (χ4n) is 1.94. The van der Waals surface area contributed by atoms with E-state index in [-0.39, 0.29) is 5.91 Å². The van der Waals surface area contributed by atoms with Crippen LogP contribution in [-0.2, 0) is 4.79 Å². The number of nitrogens with zero attached hydrogens (tertiary/aromatic N) is 4. The molecular weight excluding hydrogens is 256 g/mol. The van der Waals surface area contributed by atoms with Crippen molar-refractivity contribution in [1.82, 2.24) is 20.2 Å². The molecule has 0 spiro atoms. The number of carbonyl (C=O) groups is 1. The monoisotopic (exact) mass is 272 g/mol. The number of tetrazole rings is 1. The minimum Gasteiger partial charge on any atom is -0.325 e. The summed E-state index contributed by atoms with van der Waals surface area (Å²) in [5, 5.41) is 14.6. The van der Waals surface area contributed by atoms with E-state index in [1.54, 1.807) is 6.92 Å². The molecule has 0 bridgehead atoms. The summed E-state index contributed by atoms with van der Waals surface area (Å²) in [6.07, 6.45) is 2.22. The van der Waals surface area contributed by atoms with Gasteiger partial charge in [-0.1, -0.05) is 12.1 Å². The first-order valence-electron chi connectivity index (χ1n) is 6.60. The summed E-state index contributed by atoms with van der Waals surface area (Å²) in [6, 6.07) is 7.31. The maximum Gasteiger partial charge on any atom is 0.240 e. The highest BCUT2D eigenvalue weighted by atomic mass is 16.2. The maximum absolute atomic E-state index is 11.6. The van der Waals surface area contributed by atoms with Crippen LogP contribution in [0.15, 0.2) is 24.3 Å². The molecule has 1 fully saturated rings. The van der Waals surface area contributed by atoms with Crippen molar-refractivity contribution in [2.24, 2.45) is 5.73 Å². The number of hydrogen-bond donors (Lipinski definition) is 2. The molecular formula is C13H16N6O. The van der Waals surface area contributed by atoms with Gasteiger partial charge in [-0.3, -0.25) is 4.79 Å². The Kier molecular flexibility index (Phi) is 3.19. The highest BCUT2D eigenvalue weighted by Crippen LogP contribution is 2.36. The smallest absolute Gasteiger partial charge is 0.240 e. The van der Waals surface area contributed by atoms with Gasteiger partial charge in [0.15, 0.2) is 5.82 Å². The van der Waals surface area contributed by atoms with Crippen molar-refractivity contribution in [3.63, 3.8) is 0 Å². The molecule has 0 radical (unpaired) electrons. The molecule has 3 N–H and O–H groups in total. The zero-order valence-corrected chi connectivity index (χ0v) is 11.2. The summed E-state index contributed by atoms with van der Waals surface area (Å²) < 4.78 is 1.84. The van der Waals surface area contributed by atoms with Crippen molar-refractivity contribution in [3.8, 4) is 11.4 Å². The van der Waals surface area contributed by atoms with Gasteiger partial charge in [0.25, 0.3) is 0 Å². The Morgan fingerprint density at radius 3 is 3.00 bits per heavy atom. The third-order valence-electron chi connectivity index (χ3n) is 3.19. The number of rotatable bonds is 4. The molecule has 1 aliphatic carbocycles. The molecule has 1 aromatic carbocycles. The van der Waals surface area contributed by atoms with E-state index in [4.69, 9.17) is 5.73 Å². The predicted octanol–water partition coefficient (Wildman–Crippen LogP) is 0.961. The lowest BCUT2D eigenvalue weighted by Crippen LogP contribution is -2.32. The molecule has 1 aliphatic rings. The average Bonchev–Trinajstić information content (AvgIpc) is 3.16. The predicted molar refractivity (Wildman–Crippen MR) is 73.8 cm³/mol. The van der Waals surface area contributed by atoms with Crippen molar-refractivity contribution >= 4 is 11.6 Å². The van der Waals surface area contributed by atoms with Crippen molar-refractivity contribution in [1.29, 1.82) is 0 Å². The second-order valence-corrected chi connectivity index (χ2v) is 5.04. The second kappa shape index (κ2) is 5.01. The van der Waals surface area contributed by atoms with E-state index in [9.17, 15) is 4.79 Å². The Bertz CT molecular complexity index is 631. The molecule has 2 aromatic rings. The van der Waals surface area contributed by atoms with Crippen LogP contribution in [0.1, 0.15) is 25.8 Å². The van der Waals surface area contributed by atoms with Crippen LogP contribution in [0.5, 0.6) is 0 Å². The van der Waals surface area contributed by atoms with Crippen molar-refractivity contribution in [2.45, 2.75) is 31.8 Å². The SMILES string of the molecule is C[C@H](N)C(=O)Nc1cccc(-c2nnnn2C2CC2)c1. The topological polar surface area (TPSA) is 98.7 Å². The Morgan fingerprint density at radius 2 is 2.30 bits per heavy atom. The van der Waals surface area contributed by atoms with Crippen LogP contribution in [-0.4, -0.2) is 32.2 Å². The average molecular weight is 272 g/mol. The van der Waals surface area contributed by atoms with E-state index in [2.05, 4.69) is 20.8 Å². The Labute approximate surface area is 116 Å². The number of anilines is 1. The number of benzene rings is 1. The van der Waals surface area contributed by atoms with E-state index in [0.717, 1.165) is 24.2 Å². The molecule has 0 aliphatic heterocycles. The highest BCUT2D eigenvalue weighted by Gasteiger charge is 2.28. The quantitative estimate of drug-likeness (QED) is 0.863. The third kappa shape index (κ3) is 2.53. The normalized spacial score (nSPS) is 15.9. The van der Waals surface area contributed by atoms with Crippen LogP contribution in [0.25, 0.3) is 11.4 Å². The van der Waals surface area contributed by atoms with Crippen LogP contribution in [0, 0.1) is 0 Å². The minimum absolute atomic E-state index is 0.219. The van der Waals surface area contributed by atoms with Gasteiger partial charge in [0, 0.05) is 11.3 Å². The number of amides is 1. The number of hydrogen-bond acceptors (Lipinski definition) is 5. The summed E-state index contributed by atoms with van der Waals surface area (Å²) in [4.78, 5) is 11.6. The first-order valence-corrected chi connectivity index (χ1v) is 6.60. The highest BCUT2D eigenvalue weighted by molar-refractivity contribution is 5.94. The maximum atomic E-state index is 11.6. The zero-order chi connectivity index (χ0) is 14.1. The Balaban J connectivity index is 1.87. The van der Waals surface area contributed by atoms with Crippen molar-refractivity contribution < 1.29 is 4.79 Å². The summed E-state index contributed by atoms with van der Waals surface area (Å²) in [6.45, 7) is 1.65. The molecule has 3 rings (SSSR count). The first kappa shape index (κ1) is 12.7. The van der Waals surface area contributed by atoms with Crippen LogP contribution in [0.3, 0.4) is 0 Å². The lowest BCUT2D eigenvalue weighted by molar-refractivity contribution is -0.117. The van der Waals surface area contributed by atoms with Crippen LogP contribution in [0.4, 0.5) is 5.69 Å². The molecule has 0 saturated heterocycles.